The molecule has 2 amide bonds. The molecule has 1 aliphatic rings. The summed E-state index contributed by atoms with van der Waals surface area (Å²) < 4.78 is 9.46. The monoisotopic (exact) mass is 352 g/mol. The quantitative estimate of drug-likeness (QED) is 0.631. The first-order chi connectivity index (χ1) is 11.4. The standard InChI is InChI=1S/C15H16N2O6S/c1-8(19)16-9-4-5-10-11(6-9)24-13(15(21)23-3)12(14(20)22-2)17(10)7-18/h4-7,12-13H,1-3H3,(H,16,19)/t12-,13+/m1/s1. The van der Waals surface area contributed by atoms with E-state index in [4.69, 9.17) is 9.47 Å². The number of amides is 2. The van der Waals surface area contributed by atoms with Gasteiger partial charge in [-0.3, -0.25) is 19.3 Å². The molecule has 128 valence electrons. The van der Waals surface area contributed by atoms with Crippen LogP contribution >= 0.6 is 11.8 Å². The lowest BCUT2D eigenvalue weighted by molar-refractivity contribution is -0.148. The average molecular weight is 352 g/mol. The Morgan fingerprint density at radius 1 is 1.21 bits per heavy atom. The summed E-state index contributed by atoms with van der Waals surface area (Å²) in [5.74, 6) is -1.63. The second-order valence-electron chi connectivity index (χ2n) is 4.91. The average Bonchev–Trinajstić information content (AvgIpc) is 2.57. The lowest BCUT2D eigenvalue weighted by atomic mass is 10.1. The highest BCUT2D eigenvalue weighted by molar-refractivity contribution is 8.01. The Morgan fingerprint density at radius 2 is 1.88 bits per heavy atom. The Morgan fingerprint density at radius 3 is 2.42 bits per heavy atom. The molecule has 0 bridgehead atoms. The molecule has 1 heterocycles. The molecular formula is C15H16N2O6S. The van der Waals surface area contributed by atoms with E-state index in [1.54, 1.807) is 18.2 Å². The predicted octanol–water partition coefficient (Wildman–Crippen LogP) is 0.797. The number of fused-ring (bicyclic) bond motifs is 1. The topological polar surface area (TPSA) is 102 Å². The Balaban J connectivity index is 2.51. The summed E-state index contributed by atoms with van der Waals surface area (Å²) in [5, 5.41) is 1.65. The summed E-state index contributed by atoms with van der Waals surface area (Å²) in [6, 6.07) is 3.68. The molecule has 1 aromatic carbocycles. The fourth-order valence-corrected chi connectivity index (χ4v) is 3.70. The van der Waals surface area contributed by atoms with Crippen LogP contribution in [0.5, 0.6) is 0 Å². The van der Waals surface area contributed by atoms with Crippen LogP contribution in [0.4, 0.5) is 11.4 Å². The molecule has 0 saturated heterocycles. The van der Waals surface area contributed by atoms with E-state index < -0.39 is 23.2 Å². The molecular weight excluding hydrogens is 336 g/mol. The van der Waals surface area contributed by atoms with Crippen LogP contribution in [0.25, 0.3) is 0 Å². The molecule has 0 radical (unpaired) electrons. The molecule has 2 atom stereocenters. The molecule has 0 spiro atoms. The maximum atomic E-state index is 12.1. The Labute approximate surface area is 142 Å². The van der Waals surface area contributed by atoms with Crippen LogP contribution in [-0.4, -0.2) is 49.8 Å². The first-order valence-corrected chi connectivity index (χ1v) is 7.78. The second-order valence-corrected chi connectivity index (χ2v) is 6.09. The molecule has 0 unspecified atom stereocenters. The summed E-state index contributed by atoms with van der Waals surface area (Å²) in [4.78, 5) is 48.6. The van der Waals surface area contributed by atoms with Gasteiger partial charge in [0.05, 0.1) is 19.9 Å². The van der Waals surface area contributed by atoms with Crippen molar-refractivity contribution < 1.29 is 28.7 Å². The van der Waals surface area contributed by atoms with E-state index in [2.05, 4.69) is 5.32 Å². The fraction of sp³-hybridized carbons (Fsp3) is 0.333. The van der Waals surface area contributed by atoms with Gasteiger partial charge in [0.1, 0.15) is 5.25 Å². The molecule has 1 aliphatic heterocycles. The van der Waals surface area contributed by atoms with Gasteiger partial charge in [-0.15, -0.1) is 11.8 Å². The molecule has 0 aliphatic carbocycles. The van der Waals surface area contributed by atoms with Crippen molar-refractivity contribution in [3.05, 3.63) is 18.2 Å². The van der Waals surface area contributed by atoms with Gasteiger partial charge in [-0.2, -0.15) is 0 Å². The van der Waals surface area contributed by atoms with Crippen molar-refractivity contribution in [2.24, 2.45) is 0 Å². The van der Waals surface area contributed by atoms with E-state index in [1.165, 1.54) is 21.1 Å². The van der Waals surface area contributed by atoms with E-state index >= 15 is 0 Å². The first kappa shape index (κ1) is 17.8. The van der Waals surface area contributed by atoms with Crippen molar-refractivity contribution in [1.82, 2.24) is 0 Å². The molecule has 9 heteroatoms. The lowest BCUT2D eigenvalue weighted by Crippen LogP contribution is -2.53. The number of nitrogens with zero attached hydrogens (tertiary/aromatic N) is 1. The number of esters is 2. The number of ether oxygens (including phenoxy) is 2. The van der Waals surface area contributed by atoms with E-state index in [-0.39, 0.29) is 5.91 Å². The predicted molar refractivity (Wildman–Crippen MR) is 86.8 cm³/mol. The van der Waals surface area contributed by atoms with Gasteiger partial charge in [-0.1, -0.05) is 0 Å². The summed E-state index contributed by atoms with van der Waals surface area (Å²) in [7, 11) is 2.38. The summed E-state index contributed by atoms with van der Waals surface area (Å²) in [5.41, 5.74) is 0.958. The number of rotatable bonds is 4. The van der Waals surface area contributed by atoms with Gasteiger partial charge in [0, 0.05) is 17.5 Å². The third-order valence-corrected chi connectivity index (χ3v) is 4.67. The number of carbonyl (C=O) groups excluding carboxylic acids is 4. The van der Waals surface area contributed by atoms with Crippen LogP contribution in [0.3, 0.4) is 0 Å². The molecule has 8 nitrogen and oxygen atoms in total. The minimum absolute atomic E-state index is 0.250. The number of hydrogen-bond donors (Lipinski definition) is 1. The van der Waals surface area contributed by atoms with Crippen molar-refractivity contribution in [3.63, 3.8) is 0 Å². The van der Waals surface area contributed by atoms with Gasteiger partial charge >= 0.3 is 11.9 Å². The van der Waals surface area contributed by atoms with Crippen LogP contribution in [0, 0.1) is 0 Å². The third-order valence-electron chi connectivity index (χ3n) is 3.39. The van der Waals surface area contributed by atoms with E-state index in [0.717, 1.165) is 16.7 Å². The summed E-state index contributed by atoms with van der Waals surface area (Å²) in [6.45, 7) is 1.37. The van der Waals surface area contributed by atoms with Crippen molar-refractivity contribution in [1.29, 1.82) is 0 Å². The first-order valence-electron chi connectivity index (χ1n) is 6.90. The molecule has 0 aromatic heterocycles. The van der Waals surface area contributed by atoms with Crippen molar-refractivity contribution >= 4 is 47.4 Å². The zero-order valence-electron chi connectivity index (χ0n) is 13.3. The van der Waals surface area contributed by atoms with Crippen LogP contribution in [0.1, 0.15) is 6.92 Å². The number of carbonyl (C=O) groups is 4. The maximum absolute atomic E-state index is 12.1. The number of nitrogens with one attached hydrogen (secondary N) is 1. The number of methoxy groups -OCH3 is 2. The van der Waals surface area contributed by atoms with Gasteiger partial charge in [-0.25, -0.2) is 4.79 Å². The van der Waals surface area contributed by atoms with Crippen LogP contribution in [0.2, 0.25) is 0 Å². The van der Waals surface area contributed by atoms with Crippen molar-refractivity contribution in [3.8, 4) is 0 Å². The second kappa shape index (κ2) is 7.35. The molecule has 2 rings (SSSR count). The zero-order chi connectivity index (χ0) is 17.9. The highest BCUT2D eigenvalue weighted by Crippen LogP contribution is 2.43. The molecule has 0 saturated carbocycles. The molecule has 1 aromatic rings. The highest BCUT2D eigenvalue weighted by Gasteiger charge is 2.45. The van der Waals surface area contributed by atoms with Gasteiger partial charge in [-0.05, 0) is 18.2 Å². The Bertz CT molecular complexity index is 693. The van der Waals surface area contributed by atoms with E-state index in [9.17, 15) is 19.2 Å². The number of anilines is 2. The molecule has 0 fully saturated rings. The van der Waals surface area contributed by atoms with E-state index in [0.29, 0.717) is 22.7 Å². The number of thioether (sulfide) groups is 1. The van der Waals surface area contributed by atoms with Crippen LogP contribution < -0.4 is 10.2 Å². The van der Waals surface area contributed by atoms with Crippen molar-refractivity contribution in [2.75, 3.05) is 24.4 Å². The fourth-order valence-electron chi connectivity index (χ4n) is 2.37. The third kappa shape index (κ3) is 3.35. The highest BCUT2D eigenvalue weighted by atomic mass is 32.2. The minimum atomic E-state index is -1.14. The smallest absolute Gasteiger partial charge is 0.330 e. The number of hydrogen-bond acceptors (Lipinski definition) is 7. The molecule has 1 N–H and O–H groups in total. The minimum Gasteiger partial charge on any atom is -0.468 e. The Hall–Kier alpha value is -2.55. The van der Waals surface area contributed by atoms with E-state index in [1.807, 2.05) is 0 Å². The zero-order valence-corrected chi connectivity index (χ0v) is 14.1. The number of benzene rings is 1. The largest absolute Gasteiger partial charge is 0.468 e. The summed E-state index contributed by atoms with van der Waals surface area (Å²) >= 11 is 1.07. The van der Waals surface area contributed by atoms with Crippen LogP contribution in [0.15, 0.2) is 23.1 Å². The lowest BCUT2D eigenvalue weighted by Gasteiger charge is -2.36. The SMILES string of the molecule is COC(=O)[C@H]1Sc2cc(NC(C)=O)ccc2N(C=O)[C@H]1C(=O)OC. The molecule has 24 heavy (non-hydrogen) atoms. The van der Waals surface area contributed by atoms with Gasteiger partial charge < -0.3 is 14.8 Å². The normalized spacial score (nSPS) is 19.0. The van der Waals surface area contributed by atoms with Gasteiger partial charge in [0.25, 0.3) is 0 Å². The van der Waals surface area contributed by atoms with Gasteiger partial charge in [0.15, 0.2) is 6.04 Å². The summed E-state index contributed by atoms with van der Waals surface area (Å²) in [6.07, 6.45) is 0.466. The van der Waals surface area contributed by atoms with Gasteiger partial charge in [0.2, 0.25) is 12.3 Å². The van der Waals surface area contributed by atoms with Crippen LogP contribution in [-0.2, 0) is 28.7 Å². The Kier molecular flexibility index (Phi) is 5.45. The van der Waals surface area contributed by atoms with Crippen molar-refractivity contribution in [2.45, 2.75) is 23.1 Å². The maximum Gasteiger partial charge on any atom is 0.330 e.